The van der Waals surface area contributed by atoms with E-state index in [9.17, 15) is 9.90 Å². The molecule has 0 fully saturated rings. The summed E-state index contributed by atoms with van der Waals surface area (Å²) < 4.78 is 0. The van der Waals surface area contributed by atoms with Crippen molar-refractivity contribution in [2.24, 2.45) is 4.99 Å². The highest BCUT2D eigenvalue weighted by molar-refractivity contribution is 7.16. The van der Waals surface area contributed by atoms with E-state index in [1.807, 2.05) is 19.1 Å². The number of nitrogens with one attached hydrogen (secondary N) is 1. The van der Waals surface area contributed by atoms with Gasteiger partial charge in [0.15, 0.2) is 0 Å². The van der Waals surface area contributed by atoms with Crippen LogP contribution in [0.3, 0.4) is 0 Å². The van der Waals surface area contributed by atoms with Gasteiger partial charge in [0.25, 0.3) is 5.91 Å². The minimum absolute atomic E-state index is 0.00546. The number of aromatic hydroxyl groups is 1. The molecule has 2 aromatic rings. The molecule has 1 aliphatic carbocycles. The van der Waals surface area contributed by atoms with Crippen molar-refractivity contribution in [2.45, 2.75) is 39.0 Å². The maximum Gasteiger partial charge on any atom is 0.254 e. The zero-order chi connectivity index (χ0) is 16.9. The summed E-state index contributed by atoms with van der Waals surface area (Å²) in [6.07, 6.45) is 7.01. The van der Waals surface area contributed by atoms with Gasteiger partial charge in [-0.05, 0) is 67.5 Å². The van der Waals surface area contributed by atoms with Gasteiger partial charge >= 0.3 is 0 Å². The third kappa shape index (κ3) is 3.67. The van der Waals surface area contributed by atoms with Crippen molar-refractivity contribution in [3.8, 4) is 5.75 Å². The highest BCUT2D eigenvalue weighted by Crippen LogP contribution is 2.39. The molecule has 1 amide bonds. The van der Waals surface area contributed by atoms with Crippen LogP contribution in [0.5, 0.6) is 5.75 Å². The maximum absolute atomic E-state index is 12.6. The second-order valence-corrected chi connectivity index (χ2v) is 7.08. The molecule has 5 heteroatoms. The molecule has 0 radical (unpaired) electrons. The summed E-state index contributed by atoms with van der Waals surface area (Å²) in [6.45, 7) is 2.73. The Balaban J connectivity index is 1.92. The van der Waals surface area contributed by atoms with Crippen molar-refractivity contribution in [2.75, 3.05) is 6.54 Å². The van der Waals surface area contributed by atoms with Crippen molar-refractivity contribution in [3.05, 3.63) is 45.8 Å². The summed E-state index contributed by atoms with van der Waals surface area (Å²) in [4.78, 5) is 18.5. The number of nitrogens with zero attached hydrogens (tertiary/aromatic N) is 1. The number of amides is 1. The predicted octanol–water partition coefficient (Wildman–Crippen LogP) is 4.22. The van der Waals surface area contributed by atoms with Crippen molar-refractivity contribution < 1.29 is 9.90 Å². The third-order valence-corrected chi connectivity index (χ3v) is 5.34. The number of carbonyl (C=O) groups excluding carboxylic acids is 1. The number of aryl methyl sites for hydroxylation is 1. The molecule has 0 bridgehead atoms. The summed E-state index contributed by atoms with van der Waals surface area (Å²) in [6, 6.07) is 6.89. The van der Waals surface area contributed by atoms with Crippen LogP contribution < -0.4 is 5.32 Å². The normalized spacial score (nSPS) is 13.9. The lowest BCUT2D eigenvalue weighted by molar-refractivity contribution is 0.0953. The largest absolute Gasteiger partial charge is 0.508 e. The van der Waals surface area contributed by atoms with E-state index in [0.717, 1.165) is 41.8 Å². The molecule has 3 rings (SSSR count). The predicted molar refractivity (Wildman–Crippen MR) is 98.9 cm³/mol. The van der Waals surface area contributed by atoms with Crippen LogP contribution in [0.25, 0.3) is 0 Å². The summed E-state index contributed by atoms with van der Waals surface area (Å²) in [7, 11) is 0. The molecule has 0 aliphatic heterocycles. The first-order valence-corrected chi connectivity index (χ1v) is 9.26. The summed E-state index contributed by atoms with van der Waals surface area (Å²) >= 11 is 1.64. The molecule has 1 aromatic heterocycles. The Morgan fingerprint density at radius 3 is 2.79 bits per heavy atom. The second-order valence-electron chi connectivity index (χ2n) is 6.00. The fraction of sp³-hybridized carbons (Fsp3) is 0.368. The second kappa shape index (κ2) is 7.62. The number of phenols is 1. The zero-order valence-electron chi connectivity index (χ0n) is 13.8. The molecule has 0 atom stereocenters. The van der Waals surface area contributed by atoms with Gasteiger partial charge < -0.3 is 10.4 Å². The van der Waals surface area contributed by atoms with Crippen LogP contribution in [-0.4, -0.2) is 23.8 Å². The first-order valence-electron chi connectivity index (χ1n) is 8.45. The molecule has 0 saturated carbocycles. The Bertz CT molecular complexity index is 747. The number of aliphatic imine (C=N–C) groups is 1. The van der Waals surface area contributed by atoms with Crippen molar-refractivity contribution in [1.82, 2.24) is 5.32 Å². The number of phenolic OH excluding ortho intramolecular Hbond substituents is 1. The number of hydrogen-bond donors (Lipinski definition) is 2. The van der Waals surface area contributed by atoms with E-state index in [1.54, 1.807) is 29.7 Å². The maximum atomic E-state index is 12.6. The van der Waals surface area contributed by atoms with Crippen molar-refractivity contribution in [1.29, 1.82) is 0 Å². The Hall–Kier alpha value is -2.14. The van der Waals surface area contributed by atoms with Gasteiger partial charge in [-0.2, -0.15) is 0 Å². The standard InChI is InChI=1S/C19H22N2O2S/c1-2-11-20-18(23)17-15-5-3-4-6-16(15)24-19(17)21-12-13-7-9-14(22)10-8-13/h7-10,12,22H,2-6,11H2,1H3,(H,20,23)/b21-12+. The molecule has 4 nitrogen and oxygen atoms in total. The summed E-state index contributed by atoms with van der Waals surface area (Å²) in [5, 5.41) is 13.1. The molecule has 0 unspecified atom stereocenters. The molecule has 0 spiro atoms. The van der Waals surface area contributed by atoms with Crippen LogP contribution >= 0.6 is 11.3 Å². The van der Waals surface area contributed by atoms with Gasteiger partial charge in [0, 0.05) is 17.6 Å². The number of fused-ring (bicyclic) bond motifs is 1. The van der Waals surface area contributed by atoms with Crippen LogP contribution in [0.2, 0.25) is 0 Å². The number of benzene rings is 1. The van der Waals surface area contributed by atoms with E-state index < -0.39 is 0 Å². The lowest BCUT2D eigenvalue weighted by Gasteiger charge is -2.12. The van der Waals surface area contributed by atoms with E-state index >= 15 is 0 Å². The van der Waals surface area contributed by atoms with Gasteiger partial charge in [-0.3, -0.25) is 4.79 Å². The lowest BCUT2D eigenvalue weighted by atomic mass is 9.95. The Morgan fingerprint density at radius 1 is 1.29 bits per heavy atom. The Labute approximate surface area is 146 Å². The molecule has 1 heterocycles. The first kappa shape index (κ1) is 16.7. The van der Waals surface area contributed by atoms with Gasteiger partial charge in [0.05, 0.1) is 5.56 Å². The van der Waals surface area contributed by atoms with Crippen molar-refractivity contribution >= 4 is 28.5 Å². The fourth-order valence-corrected chi connectivity index (χ4v) is 4.13. The third-order valence-electron chi connectivity index (χ3n) is 4.14. The zero-order valence-corrected chi connectivity index (χ0v) is 14.7. The monoisotopic (exact) mass is 342 g/mol. The van der Waals surface area contributed by atoms with Crippen LogP contribution in [0, 0.1) is 0 Å². The topological polar surface area (TPSA) is 61.7 Å². The molecule has 0 saturated heterocycles. The number of hydrogen-bond acceptors (Lipinski definition) is 4. The number of thiophene rings is 1. The van der Waals surface area contributed by atoms with Crippen LogP contribution in [-0.2, 0) is 12.8 Å². The highest BCUT2D eigenvalue weighted by Gasteiger charge is 2.24. The molecular weight excluding hydrogens is 320 g/mol. The smallest absolute Gasteiger partial charge is 0.254 e. The van der Waals surface area contributed by atoms with Gasteiger partial charge in [0.2, 0.25) is 0 Å². The SMILES string of the molecule is CCCNC(=O)c1c(/N=C/c2ccc(O)cc2)sc2c1CCCC2. The minimum atomic E-state index is -0.00546. The summed E-state index contributed by atoms with van der Waals surface area (Å²) in [5.74, 6) is 0.229. The average Bonchev–Trinajstić information content (AvgIpc) is 2.97. The van der Waals surface area contributed by atoms with Crippen LogP contribution in [0.4, 0.5) is 5.00 Å². The van der Waals surface area contributed by atoms with Gasteiger partial charge in [0.1, 0.15) is 10.8 Å². The van der Waals surface area contributed by atoms with E-state index in [1.165, 1.54) is 16.9 Å². The van der Waals surface area contributed by atoms with Crippen molar-refractivity contribution in [3.63, 3.8) is 0 Å². The van der Waals surface area contributed by atoms with E-state index in [-0.39, 0.29) is 11.7 Å². The van der Waals surface area contributed by atoms with E-state index in [2.05, 4.69) is 10.3 Å². The molecule has 1 aromatic carbocycles. The fourth-order valence-electron chi connectivity index (χ4n) is 2.90. The van der Waals surface area contributed by atoms with Crippen LogP contribution in [0.15, 0.2) is 29.3 Å². The number of carbonyl (C=O) groups is 1. The van der Waals surface area contributed by atoms with E-state index in [4.69, 9.17) is 0 Å². The molecule has 126 valence electrons. The van der Waals surface area contributed by atoms with Gasteiger partial charge in [-0.25, -0.2) is 4.99 Å². The average molecular weight is 342 g/mol. The van der Waals surface area contributed by atoms with Gasteiger partial charge in [-0.1, -0.05) is 6.92 Å². The summed E-state index contributed by atoms with van der Waals surface area (Å²) in [5.41, 5.74) is 2.86. The lowest BCUT2D eigenvalue weighted by Crippen LogP contribution is -2.25. The molecule has 2 N–H and O–H groups in total. The molecule has 1 aliphatic rings. The van der Waals surface area contributed by atoms with Crippen LogP contribution in [0.1, 0.15) is 52.5 Å². The Kier molecular flexibility index (Phi) is 5.30. The highest BCUT2D eigenvalue weighted by atomic mass is 32.1. The molecule has 24 heavy (non-hydrogen) atoms. The quantitative estimate of drug-likeness (QED) is 0.799. The number of rotatable bonds is 5. The molecular formula is C19H22N2O2S. The minimum Gasteiger partial charge on any atom is -0.508 e. The Morgan fingerprint density at radius 2 is 2.04 bits per heavy atom. The first-order chi connectivity index (χ1) is 11.7. The van der Waals surface area contributed by atoms with Gasteiger partial charge in [-0.15, -0.1) is 11.3 Å². The van der Waals surface area contributed by atoms with E-state index in [0.29, 0.717) is 6.54 Å².